The van der Waals surface area contributed by atoms with Crippen LogP contribution in [0, 0.1) is 12.7 Å². The number of anilines is 1. The molecule has 1 amide bonds. The number of nitrogens with one attached hydrogen (secondary N) is 2. The first kappa shape index (κ1) is 13.6. The third-order valence-electron chi connectivity index (χ3n) is 3.83. The van der Waals surface area contributed by atoms with Gasteiger partial charge in [-0.2, -0.15) is 0 Å². The van der Waals surface area contributed by atoms with Gasteiger partial charge in [-0.25, -0.2) is 4.39 Å². The molecule has 0 atom stereocenters. The summed E-state index contributed by atoms with van der Waals surface area (Å²) in [5.74, 6) is 0.545. The van der Waals surface area contributed by atoms with Crippen LogP contribution in [0.4, 0.5) is 10.1 Å². The highest BCUT2D eigenvalue weighted by Crippen LogP contribution is 2.34. The Kier molecular flexibility index (Phi) is 2.97. The molecule has 0 bridgehead atoms. The number of carbonyl (C=O) groups is 1. The fourth-order valence-electron chi connectivity index (χ4n) is 2.77. The summed E-state index contributed by atoms with van der Waals surface area (Å²) in [6.07, 6.45) is 0. The van der Waals surface area contributed by atoms with Crippen molar-refractivity contribution in [2.75, 3.05) is 12.1 Å². The second-order valence-electron chi connectivity index (χ2n) is 5.31. The number of para-hydroxylation sites is 1. The van der Waals surface area contributed by atoms with Gasteiger partial charge in [-0.15, -0.1) is 0 Å². The molecule has 0 saturated heterocycles. The van der Waals surface area contributed by atoms with E-state index in [-0.39, 0.29) is 18.5 Å². The topological polar surface area (TPSA) is 63.4 Å². The first-order chi connectivity index (χ1) is 11.1. The summed E-state index contributed by atoms with van der Waals surface area (Å²) in [7, 11) is 0. The van der Waals surface area contributed by atoms with Crippen LogP contribution in [0.1, 0.15) is 16.1 Å². The lowest BCUT2D eigenvalue weighted by atomic mass is 10.1. The van der Waals surface area contributed by atoms with E-state index in [2.05, 4.69) is 10.3 Å². The maximum Gasteiger partial charge on any atom is 0.258 e. The molecule has 0 spiro atoms. The van der Waals surface area contributed by atoms with E-state index in [4.69, 9.17) is 9.47 Å². The van der Waals surface area contributed by atoms with Gasteiger partial charge in [0, 0.05) is 22.8 Å². The fourth-order valence-corrected chi connectivity index (χ4v) is 2.77. The van der Waals surface area contributed by atoms with Gasteiger partial charge >= 0.3 is 0 Å². The Labute approximate surface area is 131 Å². The van der Waals surface area contributed by atoms with Gasteiger partial charge < -0.3 is 19.8 Å². The Morgan fingerprint density at radius 2 is 2.04 bits per heavy atom. The lowest BCUT2D eigenvalue weighted by Gasteiger charge is -2.06. The van der Waals surface area contributed by atoms with Crippen molar-refractivity contribution in [1.82, 2.24) is 4.98 Å². The third kappa shape index (κ3) is 2.19. The molecule has 23 heavy (non-hydrogen) atoms. The van der Waals surface area contributed by atoms with Crippen molar-refractivity contribution in [3.05, 3.63) is 53.5 Å². The highest BCUT2D eigenvalue weighted by Gasteiger charge is 2.19. The predicted octanol–water partition coefficient (Wildman–Crippen LogP) is 3.60. The van der Waals surface area contributed by atoms with E-state index in [0.29, 0.717) is 39.3 Å². The van der Waals surface area contributed by atoms with Crippen molar-refractivity contribution in [3.8, 4) is 11.5 Å². The molecule has 0 radical (unpaired) electrons. The molecule has 3 aromatic rings. The number of H-pyrrole nitrogens is 1. The van der Waals surface area contributed by atoms with Crippen molar-refractivity contribution in [1.29, 1.82) is 0 Å². The average molecular weight is 312 g/mol. The monoisotopic (exact) mass is 312 g/mol. The molecule has 1 aliphatic rings. The standard InChI is InChI=1S/C17H13FN2O3/c1-9-15(11-3-2-4-12(18)16(11)19-9)17(21)20-10-5-6-13-14(7-10)23-8-22-13/h2-7,19H,8H2,1H3,(H,20,21). The summed E-state index contributed by atoms with van der Waals surface area (Å²) in [5, 5.41) is 3.37. The third-order valence-corrected chi connectivity index (χ3v) is 3.83. The molecule has 1 aromatic heterocycles. The molecular weight excluding hydrogens is 299 g/mol. The van der Waals surface area contributed by atoms with Crippen LogP contribution in [-0.2, 0) is 0 Å². The Balaban J connectivity index is 1.70. The summed E-state index contributed by atoms with van der Waals surface area (Å²) in [6.45, 7) is 1.92. The molecule has 116 valence electrons. The molecule has 4 rings (SSSR count). The zero-order valence-electron chi connectivity index (χ0n) is 12.3. The Morgan fingerprint density at radius 3 is 2.91 bits per heavy atom. The van der Waals surface area contributed by atoms with Crippen molar-refractivity contribution in [2.24, 2.45) is 0 Å². The maximum atomic E-state index is 13.8. The zero-order chi connectivity index (χ0) is 16.0. The number of ether oxygens (including phenoxy) is 2. The molecule has 0 fully saturated rings. The number of aryl methyl sites for hydroxylation is 1. The second kappa shape index (κ2) is 5.01. The molecule has 2 heterocycles. The van der Waals surface area contributed by atoms with Crippen LogP contribution in [0.25, 0.3) is 10.9 Å². The first-order valence-corrected chi connectivity index (χ1v) is 7.11. The van der Waals surface area contributed by atoms with Crippen molar-refractivity contribution >= 4 is 22.5 Å². The van der Waals surface area contributed by atoms with E-state index in [1.807, 2.05) is 0 Å². The summed E-state index contributed by atoms with van der Waals surface area (Å²) in [6, 6.07) is 9.83. The Hall–Kier alpha value is -3.02. The van der Waals surface area contributed by atoms with Crippen LogP contribution in [0.5, 0.6) is 11.5 Å². The largest absolute Gasteiger partial charge is 0.454 e. The van der Waals surface area contributed by atoms with Gasteiger partial charge in [-0.1, -0.05) is 12.1 Å². The molecule has 0 unspecified atom stereocenters. The lowest BCUT2D eigenvalue weighted by Crippen LogP contribution is -2.12. The number of fused-ring (bicyclic) bond motifs is 2. The molecular formula is C17H13FN2O3. The predicted molar refractivity (Wildman–Crippen MR) is 83.5 cm³/mol. The molecule has 0 aliphatic carbocycles. The molecule has 1 aliphatic heterocycles. The number of amides is 1. The smallest absolute Gasteiger partial charge is 0.258 e. The van der Waals surface area contributed by atoms with Crippen LogP contribution in [0.2, 0.25) is 0 Å². The number of aromatic nitrogens is 1. The molecule has 5 nitrogen and oxygen atoms in total. The van der Waals surface area contributed by atoms with Crippen LogP contribution in [0.15, 0.2) is 36.4 Å². The minimum Gasteiger partial charge on any atom is -0.454 e. The van der Waals surface area contributed by atoms with Crippen molar-refractivity contribution in [2.45, 2.75) is 6.92 Å². The van der Waals surface area contributed by atoms with Gasteiger partial charge in [0.15, 0.2) is 11.5 Å². The number of aromatic amines is 1. The van der Waals surface area contributed by atoms with Gasteiger partial charge in [0.05, 0.1) is 11.1 Å². The zero-order valence-corrected chi connectivity index (χ0v) is 12.3. The number of benzene rings is 2. The fraction of sp³-hybridized carbons (Fsp3) is 0.118. The van der Waals surface area contributed by atoms with E-state index in [0.717, 1.165) is 0 Å². The van der Waals surface area contributed by atoms with E-state index in [9.17, 15) is 9.18 Å². The van der Waals surface area contributed by atoms with Gasteiger partial charge in [0.2, 0.25) is 6.79 Å². The minimum atomic E-state index is -0.382. The molecule has 6 heteroatoms. The summed E-state index contributed by atoms with van der Waals surface area (Å²) < 4.78 is 24.4. The van der Waals surface area contributed by atoms with Crippen LogP contribution in [0.3, 0.4) is 0 Å². The molecule has 0 saturated carbocycles. The lowest BCUT2D eigenvalue weighted by molar-refractivity contribution is 0.102. The van der Waals surface area contributed by atoms with Gasteiger partial charge in [0.25, 0.3) is 5.91 Å². The molecule has 2 N–H and O–H groups in total. The van der Waals surface area contributed by atoms with Crippen molar-refractivity contribution in [3.63, 3.8) is 0 Å². The summed E-state index contributed by atoms with van der Waals surface area (Å²) >= 11 is 0. The van der Waals surface area contributed by atoms with Crippen molar-refractivity contribution < 1.29 is 18.7 Å². The summed E-state index contributed by atoms with van der Waals surface area (Å²) in [4.78, 5) is 15.5. The number of hydrogen-bond donors (Lipinski definition) is 2. The minimum absolute atomic E-state index is 0.174. The highest BCUT2D eigenvalue weighted by atomic mass is 19.1. The van der Waals surface area contributed by atoms with Crippen LogP contribution < -0.4 is 14.8 Å². The maximum absolute atomic E-state index is 13.8. The first-order valence-electron chi connectivity index (χ1n) is 7.11. The average Bonchev–Trinajstić information content (AvgIpc) is 3.11. The quantitative estimate of drug-likeness (QED) is 0.760. The van der Waals surface area contributed by atoms with E-state index in [1.54, 1.807) is 37.3 Å². The van der Waals surface area contributed by atoms with Gasteiger partial charge in [-0.3, -0.25) is 4.79 Å². The SMILES string of the molecule is Cc1[nH]c2c(F)cccc2c1C(=O)Nc1ccc2c(c1)OCO2. The Morgan fingerprint density at radius 1 is 1.22 bits per heavy atom. The van der Waals surface area contributed by atoms with E-state index < -0.39 is 0 Å². The van der Waals surface area contributed by atoms with E-state index >= 15 is 0 Å². The number of carbonyl (C=O) groups excluding carboxylic acids is 1. The van der Waals surface area contributed by atoms with Crippen LogP contribution >= 0.6 is 0 Å². The molecule has 2 aromatic carbocycles. The van der Waals surface area contributed by atoms with Gasteiger partial charge in [0.1, 0.15) is 5.82 Å². The second-order valence-corrected chi connectivity index (χ2v) is 5.31. The van der Waals surface area contributed by atoms with E-state index in [1.165, 1.54) is 6.07 Å². The number of rotatable bonds is 2. The number of hydrogen-bond acceptors (Lipinski definition) is 3. The van der Waals surface area contributed by atoms with Gasteiger partial charge in [-0.05, 0) is 25.1 Å². The Bertz CT molecular complexity index is 933. The number of halogens is 1. The summed E-state index contributed by atoms with van der Waals surface area (Å²) in [5.41, 5.74) is 1.96. The van der Waals surface area contributed by atoms with Crippen LogP contribution in [-0.4, -0.2) is 17.7 Å². The highest BCUT2D eigenvalue weighted by molar-refractivity contribution is 6.14. The normalized spacial score (nSPS) is 12.6.